The molecule has 0 bridgehead atoms. The molecule has 0 saturated heterocycles. The maximum atomic E-state index is 9.14. The molecule has 0 aliphatic heterocycles. The molecule has 102 valence electrons. The summed E-state index contributed by atoms with van der Waals surface area (Å²) >= 11 is 1.60. The largest absolute Gasteiger partial charge is 0.392 e. The van der Waals surface area contributed by atoms with Gasteiger partial charge >= 0.3 is 0 Å². The second-order valence-electron chi connectivity index (χ2n) is 4.40. The smallest absolute Gasteiger partial charge is 0.233 e. The zero-order valence-corrected chi connectivity index (χ0v) is 11.7. The first-order valence-corrected chi connectivity index (χ1v) is 7.06. The highest BCUT2D eigenvalue weighted by Gasteiger charge is 2.11. The lowest BCUT2D eigenvalue weighted by atomic mass is 10.1. The van der Waals surface area contributed by atoms with Crippen molar-refractivity contribution >= 4 is 11.3 Å². The second kappa shape index (κ2) is 5.52. The third-order valence-electron chi connectivity index (χ3n) is 2.83. The Morgan fingerprint density at radius 3 is 2.95 bits per heavy atom. The number of aromatic nitrogens is 3. The summed E-state index contributed by atoms with van der Waals surface area (Å²) in [5, 5.41) is 16.1. The summed E-state index contributed by atoms with van der Waals surface area (Å²) in [6.07, 6.45) is 0.539. The van der Waals surface area contributed by atoms with Crippen LogP contribution in [0.25, 0.3) is 11.4 Å². The Bertz CT molecular complexity index is 721. The molecule has 0 radical (unpaired) electrons. The molecule has 0 aliphatic carbocycles. The summed E-state index contributed by atoms with van der Waals surface area (Å²) in [5.41, 5.74) is 2.59. The van der Waals surface area contributed by atoms with Crippen LogP contribution in [-0.2, 0) is 13.0 Å². The van der Waals surface area contributed by atoms with Crippen molar-refractivity contribution in [1.29, 1.82) is 0 Å². The fourth-order valence-electron chi connectivity index (χ4n) is 1.90. The van der Waals surface area contributed by atoms with Crippen LogP contribution in [0, 0.1) is 6.92 Å². The summed E-state index contributed by atoms with van der Waals surface area (Å²) < 4.78 is 5.25. The number of hydrogen-bond donors (Lipinski definition) is 1. The molecule has 3 rings (SSSR count). The van der Waals surface area contributed by atoms with Gasteiger partial charge in [-0.05, 0) is 18.6 Å². The van der Waals surface area contributed by atoms with Gasteiger partial charge in [0, 0.05) is 10.9 Å². The topological polar surface area (TPSA) is 72.0 Å². The second-order valence-corrected chi connectivity index (χ2v) is 5.47. The van der Waals surface area contributed by atoms with Gasteiger partial charge in [-0.2, -0.15) is 4.98 Å². The quantitative estimate of drug-likeness (QED) is 0.798. The molecule has 0 amide bonds. The summed E-state index contributed by atoms with van der Waals surface area (Å²) in [5.74, 6) is 1.07. The van der Waals surface area contributed by atoms with Gasteiger partial charge in [0.05, 0.1) is 23.7 Å². The maximum Gasteiger partial charge on any atom is 0.233 e. The predicted molar refractivity (Wildman–Crippen MR) is 75.3 cm³/mol. The zero-order valence-electron chi connectivity index (χ0n) is 10.9. The van der Waals surface area contributed by atoms with E-state index in [4.69, 9.17) is 9.63 Å². The zero-order chi connectivity index (χ0) is 13.9. The summed E-state index contributed by atoms with van der Waals surface area (Å²) in [7, 11) is 0. The van der Waals surface area contributed by atoms with Crippen molar-refractivity contribution in [2.24, 2.45) is 0 Å². The Morgan fingerprint density at radius 1 is 1.30 bits per heavy atom. The van der Waals surface area contributed by atoms with Crippen LogP contribution in [0.15, 0.2) is 34.2 Å². The monoisotopic (exact) mass is 287 g/mol. The van der Waals surface area contributed by atoms with Gasteiger partial charge in [-0.15, -0.1) is 11.3 Å². The minimum atomic E-state index is -0.00332. The standard InChI is InChI=1S/C14H13N3O2S/c1-9-15-12(8-20-9)6-13-16-14(17-19-13)11-4-2-3-10(5-11)7-18/h2-5,8,18H,6-7H2,1H3. The van der Waals surface area contributed by atoms with E-state index in [2.05, 4.69) is 15.1 Å². The Labute approximate surface area is 119 Å². The number of aliphatic hydroxyl groups excluding tert-OH is 1. The van der Waals surface area contributed by atoms with E-state index in [9.17, 15) is 0 Å². The Balaban J connectivity index is 1.82. The van der Waals surface area contributed by atoms with Gasteiger partial charge < -0.3 is 9.63 Å². The van der Waals surface area contributed by atoms with Crippen LogP contribution in [-0.4, -0.2) is 20.2 Å². The van der Waals surface area contributed by atoms with E-state index in [0.29, 0.717) is 18.1 Å². The number of hydrogen-bond acceptors (Lipinski definition) is 6. The summed E-state index contributed by atoms with van der Waals surface area (Å²) in [6.45, 7) is 1.96. The van der Waals surface area contributed by atoms with Gasteiger partial charge in [0.2, 0.25) is 11.7 Å². The van der Waals surface area contributed by atoms with E-state index in [0.717, 1.165) is 21.8 Å². The van der Waals surface area contributed by atoms with Gasteiger partial charge in [0.15, 0.2) is 0 Å². The molecule has 2 aromatic heterocycles. The molecule has 1 aromatic carbocycles. The summed E-state index contributed by atoms with van der Waals surface area (Å²) in [6, 6.07) is 7.45. The molecule has 0 saturated carbocycles. The van der Waals surface area contributed by atoms with Crippen molar-refractivity contribution in [1.82, 2.24) is 15.1 Å². The van der Waals surface area contributed by atoms with Gasteiger partial charge in [-0.25, -0.2) is 4.98 Å². The first kappa shape index (κ1) is 13.0. The number of nitrogens with zero attached hydrogens (tertiary/aromatic N) is 3. The molecule has 3 aromatic rings. The number of benzene rings is 1. The van der Waals surface area contributed by atoms with Gasteiger partial charge in [-0.3, -0.25) is 0 Å². The van der Waals surface area contributed by atoms with Crippen LogP contribution < -0.4 is 0 Å². The molecule has 20 heavy (non-hydrogen) atoms. The maximum absolute atomic E-state index is 9.14. The van der Waals surface area contributed by atoms with Gasteiger partial charge in [0.1, 0.15) is 0 Å². The molecule has 2 heterocycles. The van der Waals surface area contributed by atoms with Crippen molar-refractivity contribution < 1.29 is 9.63 Å². The molecular weight excluding hydrogens is 274 g/mol. The van der Waals surface area contributed by atoms with Crippen molar-refractivity contribution in [2.45, 2.75) is 20.0 Å². The Kier molecular flexibility index (Phi) is 3.58. The molecule has 6 heteroatoms. The van der Waals surface area contributed by atoms with Crippen LogP contribution in [0.4, 0.5) is 0 Å². The van der Waals surface area contributed by atoms with Crippen LogP contribution in [0.3, 0.4) is 0 Å². The fraction of sp³-hybridized carbons (Fsp3) is 0.214. The van der Waals surface area contributed by atoms with Crippen LogP contribution in [0.1, 0.15) is 22.2 Å². The molecule has 0 unspecified atom stereocenters. The van der Waals surface area contributed by atoms with Crippen LogP contribution in [0.5, 0.6) is 0 Å². The highest BCUT2D eigenvalue weighted by molar-refractivity contribution is 7.09. The Morgan fingerprint density at radius 2 is 2.20 bits per heavy atom. The van der Waals surface area contributed by atoms with Crippen molar-refractivity contribution in [3.8, 4) is 11.4 Å². The lowest BCUT2D eigenvalue weighted by molar-refractivity contribution is 0.282. The van der Waals surface area contributed by atoms with E-state index in [1.54, 1.807) is 11.3 Å². The minimum Gasteiger partial charge on any atom is -0.392 e. The predicted octanol–water partition coefficient (Wildman–Crippen LogP) is 2.58. The van der Waals surface area contributed by atoms with Crippen LogP contribution >= 0.6 is 11.3 Å². The molecule has 1 N–H and O–H groups in total. The Hall–Kier alpha value is -2.05. The van der Waals surface area contributed by atoms with Crippen molar-refractivity contribution in [3.05, 3.63) is 51.8 Å². The van der Waals surface area contributed by atoms with E-state index in [1.165, 1.54) is 0 Å². The number of rotatable bonds is 4. The van der Waals surface area contributed by atoms with Crippen molar-refractivity contribution in [2.75, 3.05) is 0 Å². The SMILES string of the molecule is Cc1nc(Cc2nc(-c3cccc(CO)c3)no2)cs1. The fourth-order valence-corrected chi connectivity index (χ4v) is 2.51. The molecule has 5 nitrogen and oxygen atoms in total. The van der Waals surface area contributed by atoms with Gasteiger partial charge in [0.25, 0.3) is 0 Å². The highest BCUT2D eigenvalue weighted by atomic mass is 32.1. The van der Waals surface area contributed by atoms with E-state index in [1.807, 2.05) is 36.6 Å². The number of thiazole rings is 1. The van der Waals surface area contributed by atoms with Crippen molar-refractivity contribution in [3.63, 3.8) is 0 Å². The molecule has 0 fully saturated rings. The van der Waals surface area contributed by atoms with E-state index in [-0.39, 0.29) is 6.61 Å². The molecule has 0 aliphatic rings. The van der Waals surface area contributed by atoms with Crippen LogP contribution in [0.2, 0.25) is 0 Å². The van der Waals surface area contributed by atoms with E-state index < -0.39 is 0 Å². The van der Waals surface area contributed by atoms with E-state index >= 15 is 0 Å². The lowest BCUT2D eigenvalue weighted by Crippen LogP contribution is -1.89. The number of aliphatic hydroxyl groups is 1. The minimum absolute atomic E-state index is 0.00332. The lowest BCUT2D eigenvalue weighted by Gasteiger charge is -1.97. The average Bonchev–Trinajstić information content (AvgIpc) is 3.09. The summed E-state index contributed by atoms with van der Waals surface area (Å²) in [4.78, 5) is 8.74. The normalized spacial score (nSPS) is 10.9. The molecule has 0 spiro atoms. The molecule has 0 atom stereocenters. The average molecular weight is 287 g/mol. The molecular formula is C14H13N3O2S. The first-order chi connectivity index (χ1) is 9.74. The third kappa shape index (κ3) is 2.76. The third-order valence-corrected chi connectivity index (χ3v) is 3.66. The van der Waals surface area contributed by atoms with Gasteiger partial charge in [-0.1, -0.05) is 23.4 Å². The highest BCUT2D eigenvalue weighted by Crippen LogP contribution is 2.19. The first-order valence-electron chi connectivity index (χ1n) is 6.18. The number of aryl methyl sites for hydroxylation is 1.